The third-order valence-corrected chi connectivity index (χ3v) is 8.19. The van der Waals surface area contributed by atoms with Gasteiger partial charge in [0.25, 0.3) is 5.56 Å². The molecule has 1 amide bonds. The molecule has 0 spiro atoms. The van der Waals surface area contributed by atoms with Crippen molar-refractivity contribution in [2.45, 2.75) is 63.7 Å². The number of likely N-dealkylation sites (tertiary alicyclic amines) is 1. The Morgan fingerprint density at radius 1 is 1.09 bits per heavy atom. The molecule has 2 aliphatic heterocycles. The first-order valence-electron chi connectivity index (χ1n) is 12.5. The largest absolute Gasteiger partial charge is 0.396 e. The van der Waals surface area contributed by atoms with Gasteiger partial charge in [-0.05, 0) is 37.3 Å². The lowest BCUT2D eigenvalue weighted by atomic mass is 9.88. The summed E-state index contributed by atoms with van der Waals surface area (Å²) in [5.41, 5.74) is 2.07. The van der Waals surface area contributed by atoms with Gasteiger partial charge in [-0.2, -0.15) is 0 Å². The highest BCUT2D eigenvalue weighted by Crippen LogP contribution is 2.49. The van der Waals surface area contributed by atoms with Crippen molar-refractivity contribution in [1.29, 1.82) is 0 Å². The third kappa shape index (κ3) is 4.15. The van der Waals surface area contributed by atoms with E-state index in [1.807, 2.05) is 54.0 Å². The Labute approximate surface area is 195 Å². The first kappa shape index (κ1) is 22.4. The van der Waals surface area contributed by atoms with Crippen molar-refractivity contribution < 1.29 is 9.90 Å². The predicted octanol–water partition coefficient (Wildman–Crippen LogP) is 3.27. The van der Waals surface area contributed by atoms with E-state index in [2.05, 4.69) is 10.2 Å². The number of nitrogens with zero attached hydrogens (tertiary/aromatic N) is 2. The van der Waals surface area contributed by atoms with Crippen molar-refractivity contribution in [3.8, 4) is 0 Å². The summed E-state index contributed by atoms with van der Waals surface area (Å²) in [4.78, 5) is 28.6. The molecular formula is C27H35N3O3. The van der Waals surface area contributed by atoms with Crippen LogP contribution in [0, 0.1) is 17.8 Å². The Morgan fingerprint density at radius 2 is 1.85 bits per heavy atom. The van der Waals surface area contributed by atoms with E-state index in [-0.39, 0.29) is 48.0 Å². The molecule has 5 atom stereocenters. The SMILES string of the molecule is C[C@H](NC(=O)[C@@H]1[C@@H](CO)[C@@H]2Cn3c(cccc3=O)[C@@H]2N1CC1CCCCC1)c1ccccc1. The number of pyridine rings is 1. The van der Waals surface area contributed by atoms with Crippen LogP contribution in [-0.2, 0) is 11.3 Å². The molecule has 2 N–H and O–H groups in total. The Balaban J connectivity index is 1.46. The van der Waals surface area contributed by atoms with Crippen molar-refractivity contribution >= 4 is 5.91 Å². The van der Waals surface area contributed by atoms with Gasteiger partial charge in [-0.25, -0.2) is 0 Å². The maximum absolute atomic E-state index is 13.7. The van der Waals surface area contributed by atoms with Gasteiger partial charge in [0.15, 0.2) is 0 Å². The minimum absolute atomic E-state index is 0.000702. The molecular weight excluding hydrogens is 414 g/mol. The van der Waals surface area contributed by atoms with E-state index in [0.717, 1.165) is 17.8 Å². The second-order valence-corrected chi connectivity index (χ2v) is 10.1. The molecule has 3 aliphatic rings. The zero-order valence-corrected chi connectivity index (χ0v) is 19.4. The van der Waals surface area contributed by atoms with E-state index in [1.165, 1.54) is 32.1 Å². The Hall–Kier alpha value is -2.44. The van der Waals surface area contributed by atoms with E-state index < -0.39 is 0 Å². The Kier molecular flexibility index (Phi) is 6.39. The van der Waals surface area contributed by atoms with Crippen LogP contribution in [-0.4, -0.2) is 39.7 Å². The summed E-state index contributed by atoms with van der Waals surface area (Å²) in [6.45, 7) is 3.38. The number of amides is 1. The molecule has 1 saturated heterocycles. The summed E-state index contributed by atoms with van der Waals surface area (Å²) in [6.07, 6.45) is 6.16. The number of hydrogen-bond donors (Lipinski definition) is 2. The number of hydrogen-bond acceptors (Lipinski definition) is 4. The topological polar surface area (TPSA) is 74.6 Å². The predicted molar refractivity (Wildman–Crippen MR) is 128 cm³/mol. The van der Waals surface area contributed by atoms with E-state index in [0.29, 0.717) is 12.5 Å². The molecule has 1 aromatic carbocycles. The number of rotatable bonds is 6. The van der Waals surface area contributed by atoms with Gasteiger partial charge in [-0.3, -0.25) is 14.5 Å². The number of aromatic nitrogens is 1. The maximum atomic E-state index is 13.7. The van der Waals surface area contributed by atoms with E-state index in [9.17, 15) is 14.7 Å². The van der Waals surface area contributed by atoms with Gasteiger partial charge in [-0.1, -0.05) is 55.7 Å². The molecule has 0 unspecified atom stereocenters. The highest BCUT2D eigenvalue weighted by molar-refractivity contribution is 5.83. The number of fused-ring (bicyclic) bond motifs is 3. The monoisotopic (exact) mass is 449 g/mol. The lowest BCUT2D eigenvalue weighted by molar-refractivity contribution is -0.128. The third-order valence-electron chi connectivity index (χ3n) is 8.19. The molecule has 1 aromatic heterocycles. The zero-order chi connectivity index (χ0) is 22.9. The van der Waals surface area contributed by atoms with Crippen LogP contribution in [0.3, 0.4) is 0 Å². The van der Waals surface area contributed by atoms with E-state index in [4.69, 9.17) is 0 Å². The average Bonchev–Trinajstić information content (AvgIpc) is 3.36. The molecule has 2 fully saturated rings. The molecule has 3 heterocycles. The summed E-state index contributed by atoms with van der Waals surface area (Å²) in [7, 11) is 0. The normalized spacial score (nSPS) is 28.3. The quantitative estimate of drug-likeness (QED) is 0.710. The maximum Gasteiger partial charge on any atom is 0.250 e. The fourth-order valence-corrected chi connectivity index (χ4v) is 6.56. The molecule has 2 aromatic rings. The summed E-state index contributed by atoms with van der Waals surface area (Å²) >= 11 is 0. The van der Waals surface area contributed by atoms with Gasteiger partial charge in [0.05, 0.1) is 18.1 Å². The summed E-state index contributed by atoms with van der Waals surface area (Å²) in [5, 5.41) is 13.7. The van der Waals surface area contributed by atoms with Gasteiger partial charge in [0, 0.05) is 43.3 Å². The molecule has 6 heteroatoms. The number of aliphatic hydroxyl groups excluding tert-OH is 1. The average molecular weight is 450 g/mol. The Morgan fingerprint density at radius 3 is 2.58 bits per heavy atom. The van der Waals surface area contributed by atoms with Crippen LogP contribution < -0.4 is 10.9 Å². The number of nitrogens with one attached hydrogen (secondary N) is 1. The van der Waals surface area contributed by atoms with Crippen LogP contribution in [0.25, 0.3) is 0 Å². The fourth-order valence-electron chi connectivity index (χ4n) is 6.56. The molecule has 1 aliphatic carbocycles. The van der Waals surface area contributed by atoms with Crippen LogP contribution in [0.5, 0.6) is 0 Å². The summed E-state index contributed by atoms with van der Waals surface area (Å²) in [6, 6.07) is 15.0. The van der Waals surface area contributed by atoms with Crippen molar-refractivity contribution in [3.63, 3.8) is 0 Å². The second kappa shape index (κ2) is 9.43. The number of aliphatic hydroxyl groups is 1. The lowest BCUT2D eigenvalue weighted by Crippen LogP contribution is -2.50. The highest BCUT2D eigenvalue weighted by Gasteiger charge is 2.55. The molecule has 176 valence electrons. The van der Waals surface area contributed by atoms with Crippen molar-refractivity contribution in [2.24, 2.45) is 17.8 Å². The van der Waals surface area contributed by atoms with Crippen molar-refractivity contribution in [3.05, 3.63) is 70.1 Å². The molecule has 0 bridgehead atoms. The molecule has 0 radical (unpaired) electrons. The van der Waals surface area contributed by atoms with Crippen LogP contribution in [0.15, 0.2) is 53.3 Å². The molecule has 1 saturated carbocycles. The van der Waals surface area contributed by atoms with Gasteiger partial charge in [0.1, 0.15) is 0 Å². The lowest BCUT2D eigenvalue weighted by Gasteiger charge is -2.35. The van der Waals surface area contributed by atoms with Gasteiger partial charge < -0.3 is 15.0 Å². The van der Waals surface area contributed by atoms with E-state index >= 15 is 0 Å². The van der Waals surface area contributed by atoms with Gasteiger partial charge in [0.2, 0.25) is 5.91 Å². The van der Waals surface area contributed by atoms with Gasteiger partial charge in [-0.15, -0.1) is 0 Å². The molecule has 6 nitrogen and oxygen atoms in total. The van der Waals surface area contributed by atoms with Gasteiger partial charge >= 0.3 is 0 Å². The van der Waals surface area contributed by atoms with Crippen molar-refractivity contribution in [2.75, 3.05) is 13.2 Å². The minimum atomic E-state index is -0.387. The first-order valence-corrected chi connectivity index (χ1v) is 12.5. The zero-order valence-electron chi connectivity index (χ0n) is 19.4. The van der Waals surface area contributed by atoms with Crippen LogP contribution in [0.4, 0.5) is 0 Å². The summed E-state index contributed by atoms with van der Waals surface area (Å²) in [5.74, 6) is 0.418. The number of carbonyl (C=O) groups is 1. The summed E-state index contributed by atoms with van der Waals surface area (Å²) < 4.78 is 1.85. The van der Waals surface area contributed by atoms with Crippen molar-refractivity contribution in [1.82, 2.24) is 14.8 Å². The number of benzene rings is 1. The fraction of sp³-hybridized carbons (Fsp3) is 0.556. The van der Waals surface area contributed by atoms with Crippen LogP contribution >= 0.6 is 0 Å². The van der Waals surface area contributed by atoms with E-state index in [1.54, 1.807) is 6.07 Å². The minimum Gasteiger partial charge on any atom is -0.396 e. The second-order valence-electron chi connectivity index (χ2n) is 10.1. The Bertz CT molecular complexity index is 1030. The highest BCUT2D eigenvalue weighted by atomic mass is 16.3. The first-order chi connectivity index (χ1) is 16.1. The standard InChI is InChI=1S/C27H35N3O3/c1-18(20-11-6-3-7-12-20)28-27(33)26-22(17-31)21-16-29-23(13-8-14-24(29)32)25(21)30(26)15-19-9-4-2-5-10-19/h3,6-8,11-14,18-19,21-22,25-26,31H,2,4-5,9-10,15-17H2,1H3,(H,28,33)/t18-,21-,22-,25+,26-/m0/s1. The van der Waals surface area contributed by atoms with Crippen LogP contribution in [0.1, 0.15) is 62.4 Å². The molecule has 33 heavy (non-hydrogen) atoms. The molecule has 5 rings (SSSR count). The van der Waals surface area contributed by atoms with Crippen LogP contribution in [0.2, 0.25) is 0 Å². The smallest absolute Gasteiger partial charge is 0.250 e. The number of carbonyl (C=O) groups excluding carboxylic acids is 1.